The lowest BCUT2D eigenvalue weighted by Gasteiger charge is -2.42. The summed E-state index contributed by atoms with van der Waals surface area (Å²) in [6.07, 6.45) is 2.87. The number of likely N-dealkylation sites (tertiary alicyclic amines) is 1. The highest BCUT2D eigenvalue weighted by Crippen LogP contribution is 2.39. The minimum atomic E-state index is -0.842. The molecule has 1 aromatic heterocycles. The number of benzene rings is 2. The molecule has 0 aliphatic carbocycles. The second-order valence-electron chi connectivity index (χ2n) is 9.85. The SMILES string of the molecule is O=C1N(Cc2ccccn2)C(=O)C2(CCN(Cc3ccc4c(c3)OCCO4)CC2)N1Cc1ccccc1. The molecule has 6 rings (SSSR count). The minimum absolute atomic E-state index is 0.113. The second-order valence-corrected chi connectivity index (χ2v) is 9.85. The van der Waals surface area contributed by atoms with Crippen molar-refractivity contribution in [2.45, 2.75) is 38.0 Å². The van der Waals surface area contributed by atoms with Gasteiger partial charge in [0.05, 0.1) is 12.2 Å². The number of ether oxygens (including phenoxy) is 2. The molecule has 3 aromatic rings. The van der Waals surface area contributed by atoms with E-state index in [0.29, 0.717) is 38.3 Å². The van der Waals surface area contributed by atoms with Crippen LogP contribution in [0.4, 0.5) is 4.79 Å². The molecule has 0 saturated carbocycles. The Morgan fingerprint density at radius 3 is 2.30 bits per heavy atom. The fourth-order valence-corrected chi connectivity index (χ4v) is 5.57. The van der Waals surface area contributed by atoms with Crippen molar-refractivity contribution in [1.82, 2.24) is 19.7 Å². The number of piperidine rings is 1. The van der Waals surface area contributed by atoms with E-state index in [2.05, 4.69) is 16.0 Å². The Bertz CT molecular complexity index is 1280. The Hall–Kier alpha value is -3.91. The van der Waals surface area contributed by atoms with Crippen LogP contribution in [0.2, 0.25) is 0 Å². The largest absolute Gasteiger partial charge is 0.486 e. The Labute approximate surface area is 216 Å². The van der Waals surface area contributed by atoms with Crippen LogP contribution in [0, 0.1) is 0 Å². The average Bonchev–Trinajstić information content (AvgIpc) is 3.12. The molecule has 0 unspecified atom stereocenters. The highest BCUT2D eigenvalue weighted by molar-refractivity contribution is 6.07. The van der Waals surface area contributed by atoms with Gasteiger partial charge >= 0.3 is 6.03 Å². The number of rotatable bonds is 6. The fourth-order valence-electron chi connectivity index (χ4n) is 5.57. The van der Waals surface area contributed by atoms with Crippen molar-refractivity contribution in [3.8, 4) is 11.5 Å². The molecular formula is C29H30N4O4. The first kappa shape index (κ1) is 23.5. The first-order valence-electron chi connectivity index (χ1n) is 12.8. The number of carbonyl (C=O) groups is 2. The monoisotopic (exact) mass is 498 g/mol. The summed E-state index contributed by atoms with van der Waals surface area (Å²) in [5, 5.41) is 0. The van der Waals surface area contributed by atoms with Crippen LogP contribution >= 0.6 is 0 Å². The molecule has 3 aliphatic rings. The van der Waals surface area contributed by atoms with Crippen molar-refractivity contribution in [2.24, 2.45) is 0 Å². The van der Waals surface area contributed by atoms with Gasteiger partial charge in [-0.25, -0.2) is 4.79 Å². The van der Waals surface area contributed by atoms with Crippen LogP contribution in [0.1, 0.15) is 29.7 Å². The van der Waals surface area contributed by atoms with Crippen molar-refractivity contribution in [3.05, 3.63) is 89.7 Å². The summed E-state index contributed by atoms with van der Waals surface area (Å²) >= 11 is 0. The molecule has 190 valence electrons. The van der Waals surface area contributed by atoms with E-state index in [1.807, 2.05) is 60.7 Å². The third-order valence-electron chi connectivity index (χ3n) is 7.55. The molecule has 1 spiro atoms. The van der Waals surface area contributed by atoms with Crippen molar-refractivity contribution in [2.75, 3.05) is 26.3 Å². The molecule has 3 amide bonds. The zero-order valence-electron chi connectivity index (χ0n) is 20.7. The maximum Gasteiger partial charge on any atom is 0.328 e. The lowest BCUT2D eigenvalue weighted by atomic mass is 9.85. The highest BCUT2D eigenvalue weighted by atomic mass is 16.6. The van der Waals surface area contributed by atoms with Crippen LogP contribution in [0.5, 0.6) is 11.5 Å². The first-order chi connectivity index (χ1) is 18.1. The van der Waals surface area contributed by atoms with Crippen molar-refractivity contribution >= 4 is 11.9 Å². The van der Waals surface area contributed by atoms with Crippen LogP contribution in [0.25, 0.3) is 0 Å². The van der Waals surface area contributed by atoms with Gasteiger partial charge in [0.15, 0.2) is 11.5 Å². The molecule has 4 heterocycles. The van der Waals surface area contributed by atoms with Crippen LogP contribution in [-0.4, -0.2) is 63.5 Å². The second kappa shape index (κ2) is 9.86. The summed E-state index contributed by atoms with van der Waals surface area (Å²) in [6, 6.07) is 21.3. The summed E-state index contributed by atoms with van der Waals surface area (Å²) in [4.78, 5) is 37.5. The molecule has 8 heteroatoms. The van der Waals surface area contributed by atoms with Gasteiger partial charge < -0.3 is 14.4 Å². The molecule has 37 heavy (non-hydrogen) atoms. The van der Waals surface area contributed by atoms with E-state index in [1.54, 1.807) is 11.1 Å². The summed E-state index contributed by atoms with van der Waals surface area (Å²) in [7, 11) is 0. The number of fused-ring (bicyclic) bond motifs is 1. The van der Waals surface area contributed by atoms with E-state index < -0.39 is 5.54 Å². The van der Waals surface area contributed by atoms with Crippen LogP contribution in [0.15, 0.2) is 72.9 Å². The van der Waals surface area contributed by atoms with Gasteiger partial charge in [-0.3, -0.25) is 19.6 Å². The number of hydrogen-bond acceptors (Lipinski definition) is 6. The normalized spacial score (nSPS) is 19.0. The zero-order chi connectivity index (χ0) is 25.2. The predicted octanol–water partition coefficient (Wildman–Crippen LogP) is 3.85. The number of nitrogens with zero attached hydrogens (tertiary/aromatic N) is 4. The van der Waals surface area contributed by atoms with Crippen LogP contribution < -0.4 is 9.47 Å². The first-order valence-corrected chi connectivity index (χ1v) is 12.8. The lowest BCUT2D eigenvalue weighted by molar-refractivity contribution is -0.136. The number of aromatic nitrogens is 1. The van der Waals surface area contributed by atoms with Crippen molar-refractivity contribution in [3.63, 3.8) is 0 Å². The Morgan fingerprint density at radius 1 is 0.784 bits per heavy atom. The van der Waals surface area contributed by atoms with E-state index in [1.165, 1.54) is 4.90 Å². The number of carbonyl (C=O) groups excluding carboxylic acids is 2. The summed E-state index contributed by atoms with van der Waals surface area (Å²) in [5.74, 6) is 1.46. The van der Waals surface area contributed by atoms with Gasteiger partial charge in [0, 0.05) is 32.4 Å². The van der Waals surface area contributed by atoms with Gasteiger partial charge in [0.2, 0.25) is 0 Å². The topological polar surface area (TPSA) is 75.2 Å². The van der Waals surface area contributed by atoms with E-state index in [4.69, 9.17) is 9.47 Å². The molecule has 3 aliphatic heterocycles. The standard InChI is InChI=1S/C29H30N4O4/c34-27-29(11-14-31(15-12-29)19-23-9-10-25-26(18-23)37-17-16-36-25)33(20-22-6-2-1-3-7-22)28(35)32(27)21-24-8-4-5-13-30-24/h1-10,13,18H,11-12,14-17,19-21H2. The number of imide groups is 1. The number of amides is 3. The number of urea groups is 1. The molecule has 0 bridgehead atoms. The highest BCUT2D eigenvalue weighted by Gasteiger charge is 2.57. The van der Waals surface area contributed by atoms with E-state index in [0.717, 1.165) is 42.3 Å². The predicted molar refractivity (Wildman–Crippen MR) is 137 cm³/mol. The molecule has 0 atom stereocenters. The molecule has 8 nitrogen and oxygen atoms in total. The molecule has 0 radical (unpaired) electrons. The molecule has 0 N–H and O–H groups in total. The summed E-state index contributed by atoms with van der Waals surface area (Å²) in [6.45, 7) is 3.92. The van der Waals surface area contributed by atoms with E-state index in [9.17, 15) is 9.59 Å². The lowest BCUT2D eigenvalue weighted by Crippen LogP contribution is -2.56. The molecular weight excluding hydrogens is 468 g/mol. The summed E-state index contributed by atoms with van der Waals surface area (Å²) < 4.78 is 11.4. The van der Waals surface area contributed by atoms with Crippen molar-refractivity contribution in [1.29, 1.82) is 0 Å². The Balaban J connectivity index is 1.21. The Morgan fingerprint density at radius 2 is 1.54 bits per heavy atom. The van der Waals surface area contributed by atoms with E-state index >= 15 is 0 Å². The average molecular weight is 499 g/mol. The maximum atomic E-state index is 13.9. The third-order valence-corrected chi connectivity index (χ3v) is 7.55. The van der Waals surface area contributed by atoms with Crippen LogP contribution in [0.3, 0.4) is 0 Å². The zero-order valence-corrected chi connectivity index (χ0v) is 20.7. The number of pyridine rings is 1. The molecule has 2 saturated heterocycles. The maximum absolute atomic E-state index is 13.9. The minimum Gasteiger partial charge on any atom is -0.486 e. The quantitative estimate of drug-likeness (QED) is 0.481. The van der Waals surface area contributed by atoms with Crippen molar-refractivity contribution < 1.29 is 19.1 Å². The third kappa shape index (κ3) is 4.53. The van der Waals surface area contributed by atoms with Gasteiger partial charge in [-0.05, 0) is 48.2 Å². The smallest absolute Gasteiger partial charge is 0.328 e. The van der Waals surface area contributed by atoms with E-state index in [-0.39, 0.29) is 18.5 Å². The number of hydrogen-bond donors (Lipinski definition) is 0. The fraction of sp³-hybridized carbons (Fsp3) is 0.345. The van der Waals surface area contributed by atoms with Gasteiger partial charge in [-0.15, -0.1) is 0 Å². The van der Waals surface area contributed by atoms with Gasteiger partial charge in [0.1, 0.15) is 18.8 Å². The van der Waals surface area contributed by atoms with Gasteiger partial charge in [0.25, 0.3) is 5.91 Å². The summed E-state index contributed by atoms with van der Waals surface area (Å²) in [5.41, 5.74) is 2.02. The molecule has 2 fully saturated rings. The van der Waals surface area contributed by atoms with Gasteiger partial charge in [-0.2, -0.15) is 0 Å². The van der Waals surface area contributed by atoms with Gasteiger partial charge in [-0.1, -0.05) is 42.5 Å². The van der Waals surface area contributed by atoms with Crippen LogP contribution in [-0.2, 0) is 24.4 Å². The molecule has 2 aromatic carbocycles. The Kier molecular flexibility index (Phi) is 6.26.